The van der Waals surface area contributed by atoms with Crippen LogP contribution in [0.25, 0.3) is 0 Å². The van der Waals surface area contributed by atoms with Crippen LogP contribution in [0.1, 0.15) is 32.8 Å². The van der Waals surface area contributed by atoms with Gasteiger partial charge in [0.1, 0.15) is 17.5 Å². The molecule has 2 rings (SSSR count). The average molecular weight is 447 g/mol. The first kappa shape index (κ1) is 24.5. The van der Waals surface area contributed by atoms with Crippen LogP contribution in [0.3, 0.4) is 0 Å². The van der Waals surface area contributed by atoms with Crippen molar-refractivity contribution in [1.29, 1.82) is 0 Å². The lowest BCUT2D eigenvalue weighted by Crippen LogP contribution is -2.50. The zero-order valence-corrected chi connectivity index (χ0v) is 19.3. The molecule has 7 heteroatoms. The van der Waals surface area contributed by atoms with Gasteiger partial charge >= 0.3 is 0 Å². The Hall–Kier alpha value is -2.73. The van der Waals surface area contributed by atoms with Crippen molar-refractivity contribution in [2.75, 3.05) is 20.3 Å². The van der Waals surface area contributed by atoms with E-state index in [0.717, 1.165) is 5.56 Å². The molecule has 0 aliphatic rings. The molecule has 0 aliphatic carbocycles. The molecule has 6 nitrogen and oxygen atoms in total. The Morgan fingerprint density at radius 2 is 1.71 bits per heavy atom. The molecule has 1 atom stereocenters. The topological polar surface area (TPSA) is 67.9 Å². The highest BCUT2D eigenvalue weighted by molar-refractivity contribution is 6.31. The second-order valence-corrected chi connectivity index (χ2v) is 8.05. The molecule has 0 saturated heterocycles. The molecule has 31 heavy (non-hydrogen) atoms. The van der Waals surface area contributed by atoms with Crippen molar-refractivity contribution in [3.05, 3.63) is 59.1 Å². The van der Waals surface area contributed by atoms with Crippen LogP contribution in [-0.2, 0) is 16.1 Å². The Morgan fingerprint density at radius 3 is 2.29 bits per heavy atom. The number of nitrogens with one attached hydrogen (secondary N) is 1. The Labute approximate surface area is 189 Å². The third-order valence-electron chi connectivity index (χ3n) is 4.79. The van der Waals surface area contributed by atoms with Gasteiger partial charge in [0.25, 0.3) is 5.91 Å². The molecule has 0 spiro atoms. The maximum atomic E-state index is 13.2. The highest BCUT2D eigenvalue weighted by atomic mass is 35.5. The molecule has 0 aliphatic heterocycles. The predicted octanol–water partition coefficient (Wildman–Crippen LogP) is 4.31. The molecule has 0 saturated carbocycles. The number of methoxy groups -OCH3 is 1. The van der Waals surface area contributed by atoms with E-state index in [1.807, 2.05) is 39.0 Å². The smallest absolute Gasteiger partial charge is 0.261 e. The number of hydrogen-bond donors (Lipinski definition) is 1. The van der Waals surface area contributed by atoms with E-state index in [0.29, 0.717) is 35.4 Å². The zero-order valence-electron chi connectivity index (χ0n) is 18.6. The number of ether oxygens (including phenoxy) is 2. The van der Waals surface area contributed by atoms with Gasteiger partial charge in [-0.15, -0.1) is 0 Å². The predicted molar refractivity (Wildman–Crippen MR) is 122 cm³/mol. The van der Waals surface area contributed by atoms with E-state index in [1.165, 1.54) is 0 Å². The summed E-state index contributed by atoms with van der Waals surface area (Å²) in [6.07, 6.45) is 0.475. The van der Waals surface area contributed by atoms with Crippen molar-refractivity contribution in [2.45, 2.75) is 39.8 Å². The number of hydrogen-bond acceptors (Lipinski definition) is 4. The number of rotatable bonds is 11. The summed E-state index contributed by atoms with van der Waals surface area (Å²) in [4.78, 5) is 27.5. The van der Waals surface area contributed by atoms with E-state index >= 15 is 0 Å². The van der Waals surface area contributed by atoms with Gasteiger partial charge in [-0.2, -0.15) is 0 Å². The molecular weight excluding hydrogens is 416 g/mol. The summed E-state index contributed by atoms with van der Waals surface area (Å²) in [7, 11) is 1.58. The molecule has 0 bridgehead atoms. The van der Waals surface area contributed by atoms with Crippen LogP contribution in [0.4, 0.5) is 0 Å². The maximum Gasteiger partial charge on any atom is 0.261 e. The summed E-state index contributed by atoms with van der Waals surface area (Å²) < 4.78 is 10.8. The molecule has 0 fully saturated rings. The van der Waals surface area contributed by atoms with E-state index < -0.39 is 6.04 Å². The van der Waals surface area contributed by atoms with Crippen molar-refractivity contribution in [2.24, 2.45) is 5.92 Å². The minimum Gasteiger partial charge on any atom is -0.497 e. The van der Waals surface area contributed by atoms with Crippen molar-refractivity contribution in [3.63, 3.8) is 0 Å². The number of amides is 2. The second-order valence-electron chi connectivity index (χ2n) is 7.64. The molecule has 2 amide bonds. The summed E-state index contributed by atoms with van der Waals surface area (Å²) >= 11 is 6.32. The van der Waals surface area contributed by atoms with Crippen LogP contribution in [0.2, 0.25) is 5.02 Å². The Balaban J connectivity index is 2.18. The van der Waals surface area contributed by atoms with E-state index in [1.54, 1.807) is 42.3 Å². The maximum absolute atomic E-state index is 13.2. The third-order valence-corrected chi connectivity index (χ3v) is 5.16. The Kier molecular flexibility index (Phi) is 9.66. The average Bonchev–Trinajstić information content (AvgIpc) is 2.77. The molecule has 0 heterocycles. The van der Waals surface area contributed by atoms with Crippen LogP contribution >= 0.6 is 11.6 Å². The summed E-state index contributed by atoms with van der Waals surface area (Å²) in [6, 6.07) is 13.7. The first-order chi connectivity index (χ1) is 14.8. The summed E-state index contributed by atoms with van der Waals surface area (Å²) in [6.45, 7) is 6.51. The van der Waals surface area contributed by atoms with Gasteiger partial charge in [0.15, 0.2) is 6.61 Å². The minimum atomic E-state index is -0.623. The minimum absolute atomic E-state index is 0.180. The lowest BCUT2D eigenvalue weighted by Gasteiger charge is -2.31. The molecule has 2 aromatic carbocycles. The fraction of sp³-hybridized carbons (Fsp3) is 0.417. The monoisotopic (exact) mass is 446 g/mol. The highest BCUT2D eigenvalue weighted by Gasteiger charge is 2.29. The number of nitrogens with zero attached hydrogens (tertiary/aromatic N) is 1. The van der Waals surface area contributed by atoms with E-state index in [2.05, 4.69) is 5.32 Å². The Morgan fingerprint density at radius 1 is 1.06 bits per heavy atom. The molecule has 1 unspecified atom stereocenters. The van der Waals surface area contributed by atoms with Crippen LogP contribution in [-0.4, -0.2) is 43.0 Å². The molecule has 0 aromatic heterocycles. The second kappa shape index (κ2) is 12.2. The third kappa shape index (κ3) is 7.47. The van der Waals surface area contributed by atoms with Gasteiger partial charge in [-0.25, -0.2) is 0 Å². The fourth-order valence-corrected chi connectivity index (χ4v) is 3.25. The van der Waals surface area contributed by atoms with Crippen molar-refractivity contribution < 1.29 is 19.1 Å². The van der Waals surface area contributed by atoms with Crippen molar-refractivity contribution in [1.82, 2.24) is 10.2 Å². The van der Waals surface area contributed by atoms with Gasteiger partial charge in [-0.3, -0.25) is 9.59 Å². The summed E-state index contributed by atoms with van der Waals surface area (Å²) in [5.74, 6) is 1.09. The molecule has 1 N–H and O–H groups in total. The van der Waals surface area contributed by atoms with Gasteiger partial charge in [-0.1, -0.05) is 50.6 Å². The number of halogens is 1. The van der Waals surface area contributed by atoms with Crippen LogP contribution in [0.5, 0.6) is 11.5 Å². The standard InChI is InChI=1S/C24H31ClN2O4/c1-5-22(24(29)26-14-17(2)3)27(15-18-8-6-7-9-21(18)25)23(28)16-31-20-12-10-19(30-4)11-13-20/h6-13,17,22H,5,14-16H2,1-4H3,(H,26,29). The van der Waals surface area contributed by atoms with Gasteiger partial charge < -0.3 is 19.7 Å². The quantitative estimate of drug-likeness (QED) is 0.558. The lowest BCUT2D eigenvalue weighted by atomic mass is 10.1. The number of benzene rings is 2. The molecular formula is C24H31ClN2O4. The van der Waals surface area contributed by atoms with Crippen molar-refractivity contribution in [3.8, 4) is 11.5 Å². The normalized spacial score (nSPS) is 11.7. The van der Waals surface area contributed by atoms with Gasteiger partial charge in [0.2, 0.25) is 5.91 Å². The lowest BCUT2D eigenvalue weighted by molar-refractivity contribution is -0.143. The van der Waals surface area contributed by atoms with E-state index in [4.69, 9.17) is 21.1 Å². The van der Waals surface area contributed by atoms with Gasteiger partial charge in [-0.05, 0) is 48.2 Å². The molecule has 2 aromatic rings. The van der Waals surface area contributed by atoms with Gasteiger partial charge in [0.05, 0.1) is 7.11 Å². The first-order valence-corrected chi connectivity index (χ1v) is 10.8. The molecule has 168 valence electrons. The van der Waals surface area contributed by atoms with Crippen LogP contribution in [0.15, 0.2) is 48.5 Å². The highest BCUT2D eigenvalue weighted by Crippen LogP contribution is 2.21. The Bertz CT molecular complexity index is 855. The van der Waals surface area contributed by atoms with E-state index in [9.17, 15) is 9.59 Å². The molecule has 0 radical (unpaired) electrons. The van der Waals surface area contributed by atoms with Crippen LogP contribution in [0, 0.1) is 5.92 Å². The van der Waals surface area contributed by atoms with Crippen molar-refractivity contribution >= 4 is 23.4 Å². The van der Waals surface area contributed by atoms with E-state index in [-0.39, 0.29) is 25.0 Å². The fourth-order valence-electron chi connectivity index (χ4n) is 3.05. The first-order valence-electron chi connectivity index (χ1n) is 10.4. The summed E-state index contributed by atoms with van der Waals surface area (Å²) in [5.41, 5.74) is 0.775. The van der Waals surface area contributed by atoms with Gasteiger partial charge in [0, 0.05) is 18.1 Å². The SMILES string of the molecule is CCC(C(=O)NCC(C)C)N(Cc1ccccc1Cl)C(=O)COc1ccc(OC)cc1. The number of carbonyl (C=O) groups excluding carboxylic acids is 2. The zero-order chi connectivity index (χ0) is 22.8. The summed E-state index contributed by atoms with van der Waals surface area (Å²) in [5, 5.41) is 3.48. The van der Waals surface area contributed by atoms with Crippen LogP contribution < -0.4 is 14.8 Å². The number of carbonyl (C=O) groups is 2. The largest absolute Gasteiger partial charge is 0.497 e.